The zero-order valence-corrected chi connectivity index (χ0v) is 21.6. The van der Waals surface area contributed by atoms with Crippen LogP contribution in [0.4, 0.5) is 16.2 Å². The molecule has 3 aromatic rings. The first-order valence-electron chi connectivity index (χ1n) is 12.3. The summed E-state index contributed by atoms with van der Waals surface area (Å²) in [7, 11) is 1.57. The van der Waals surface area contributed by atoms with Crippen molar-refractivity contribution < 1.29 is 23.8 Å². The van der Waals surface area contributed by atoms with E-state index in [-0.39, 0.29) is 11.9 Å². The Bertz CT molecular complexity index is 1360. The monoisotopic (exact) mass is 501 g/mol. The van der Waals surface area contributed by atoms with Crippen molar-refractivity contribution in [3.8, 4) is 17.2 Å². The number of hydrogen-bond donors (Lipinski definition) is 2. The lowest BCUT2D eigenvalue weighted by Crippen LogP contribution is -2.72. The molecule has 8 nitrogen and oxygen atoms in total. The maximum absolute atomic E-state index is 14.0. The molecule has 2 bridgehead atoms. The first-order chi connectivity index (χ1) is 17.8. The normalized spacial score (nSPS) is 21.9. The Hall–Kier alpha value is -4.20. The van der Waals surface area contributed by atoms with Crippen LogP contribution in [0.25, 0.3) is 0 Å². The van der Waals surface area contributed by atoms with E-state index in [9.17, 15) is 9.59 Å². The van der Waals surface area contributed by atoms with Crippen molar-refractivity contribution in [2.45, 2.75) is 39.5 Å². The molecule has 37 heavy (non-hydrogen) atoms. The molecule has 2 aliphatic rings. The number of anilines is 2. The van der Waals surface area contributed by atoms with Crippen LogP contribution in [-0.4, -0.2) is 31.4 Å². The predicted octanol–water partition coefficient (Wildman–Crippen LogP) is 5.35. The van der Waals surface area contributed by atoms with Crippen LogP contribution < -0.4 is 29.7 Å². The van der Waals surface area contributed by atoms with Gasteiger partial charge in [0.2, 0.25) is 11.6 Å². The molecule has 5 rings (SSSR count). The first-order valence-corrected chi connectivity index (χ1v) is 12.3. The molecule has 3 atom stereocenters. The van der Waals surface area contributed by atoms with Crippen LogP contribution in [0.15, 0.2) is 60.7 Å². The quantitative estimate of drug-likeness (QED) is 0.476. The molecule has 0 saturated carbocycles. The highest BCUT2D eigenvalue weighted by Gasteiger charge is 2.60. The van der Waals surface area contributed by atoms with Crippen molar-refractivity contribution in [1.82, 2.24) is 5.32 Å². The number of amides is 3. The molecule has 0 radical (unpaired) electrons. The second kappa shape index (κ2) is 9.35. The van der Waals surface area contributed by atoms with E-state index in [0.29, 0.717) is 40.8 Å². The Balaban J connectivity index is 1.61. The number of nitrogens with one attached hydrogen (secondary N) is 2. The molecule has 0 aliphatic carbocycles. The van der Waals surface area contributed by atoms with Crippen LogP contribution >= 0.6 is 0 Å². The van der Waals surface area contributed by atoms with E-state index in [4.69, 9.17) is 14.2 Å². The summed E-state index contributed by atoms with van der Waals surface area (Å²) in [5, 5.41) is 6.15. The summed E-state index contributed by atoms with van der Waals surface area (Å²) < 4.78 is 17.7. The van der Waals surface area contributed by atoms with Crippen LogP contribution in [0.5, 0.6) is 17.2 Å². The second-order valence-electron chi connectivity index (χ2n) is 9.51. The number of benzene rings is 3. The van der Waals surface area contributed by atoms with Crippen molar-refractivity contribution in [3.63, 3.8) is 0 Å². The number of para-hydroxylation sites is 1. The van der Waals surface area contributed by atoms with Crippen LogP contribution in [0.2, 0.25) is 0 Å². The molecule has 1 saturated heterocycles. The number of fused-ring (bicyclic) bond motifs is 4. The third kappa shape index (κ3) is 4.12. The fraction of sp³-hybridized carbons (Fsp3) is 0.310. The van der Waals surface area contributed by atoms with E-state index in [1.807, 2.05) is 51.1 Å². The summed E-state index contributed by atoms with van der Waals surface area (Å²) in [5.74, 6) is 0.683. The average Bonchev–Trinajstić information content (AvgIpc) is 2.86. The van der Waals surface area contributed by atoms with Gasteiger partial charge < -0.3 is 24.8 Å². The highest BCUT2D eigenvalue weighted by Crippen LogP contribution is 2.52. The molecular weight excluding hydrogens is 470 g/mol. The van der Waals surface area contributed by atoms with E-state index < -0.39 is 17.7 Å². The molecule has 0 spiro atoms. The summed E-state index contributed by atoms with van der Waals surface area (Å²) in [5.41, 5.74) is 2.68. The lowest BCUT2D eigenvalue weighted by atomic mass is 9.78. The van der Waals surface area contributed by atoms with Gasteiger partial charge in [-0.3, -0.25) is 9.69 Å². The van der Waals surface area contributed by atoms with Crippen molar-refractivity contribution >= 4 is 23.3 Å². The molecule has 0 unspecified atom stereocenters. The van der Waals surface area contributed by atoms with Gasteiger partial charge in [0.05, 0.1) is 19.8 Å². The molecule has 8 heteroatoms. The van der Waals surface area contributed by atoms with Crippen LogP contribution in [0.1, 0.15) is 36.6 Å². The minimum Gasteiger partial charge on any atom is -0.494 e. The summed E-state index contributed by atoms with van der Waals surface area (Å²) in [6, 6.07) is 17.5. The van der Waals surface area contributed by atoms with Gasteiger partial charge in [-0.2, -0.15) is 0 Å². The van der Waals surface area contributed by atoms with Crippen molar-refractivity contribution in [2.24, 2.45) is 5.92 Å². The van der Waals surface area contributed by atoms with Gasteiger partial charge in [0.15, 0.2) is 11.5 Å². The Labute approximate surface area is 216 Å². The highest BCUT2D eigenvalue weighted by molar-refractivity contribution is 6.01. The van der Waals surface area contributed by atoms with E-state index in [0.717, 1.165) is 11.1 Å². The van der Waals surface area contributed by atoms with Crippen molar-refractivity contribution in [3.05, 3.63) is 77.4 Å². The Morgan fingerprint density at radius 1 is 1.14 bits per heavy atom. The smallest absolute Gasteiger partial charge is 0.325 e. The van der Waals surface area contributed by atoms with Crippen LogP contribution in [0, 0.1) is 19.8 Å². The number of methoxy groups -OCH3 is 1. The summed E-state index contributed by atoms with van der Waals surface area (Å²) >= 11 is 0. The van der Waals surface area contributed by atoms with Gasteiger partial charge in [0, 0.05) is 16.9 Å². The molecule has 0 aromatic heterocycles. The molecule has 2 N–H and O–H groups in total. The van der Waals surface area contributed by atoms with Gasteiger partial charge in [-0.05, 0) is 69.7 Å². The summed E-state index contributed by atoms with van der Waals surface area (Å²) in [4.78, 5) is 29.0. The van der Waals surface area contributed by atoms with Crippen molar-refractivity contribution in [1.29, 1.82) is 0 Å². The van der Waals surface area contributed by atoms with Gasteiger partial charge in [-0.1, -0.05) is 29.8 Å². The Morgan fingerprint density at radius 2 is 1.89 bits per heavy atom. The van der Waals surface area contributed by atoms with E-state index in [1.165, 1.54) is 4.90 Å². The molecule has 3 aromatic carbocycles. The SMILES string of the molecule is CCOc1ccc(N2C(=O)N[C@H]3c4cccc(OC)c4O[C@@]2(C)[C@H]3C(=O)Nc2ccc(C)cc2C)cc1. The summed E-state index contributed by atoms with van der Waals surface area (Å²) in [6.45, 7) is 8.18. The Morgan fingerprint density at radius 3 is 2.57 bits per heavy atom. The zero-order valence-electron chi connectivity index (χ0n) is 21.6. The number of aryl methyl sites for hydroxylation is 2. The highest BCUT2D eigenvalue weighted by atomic mass is 16.5. The average molecular weight is 502 g/mol. The largest absolute Gasteiger partial charge is 0.494 e. The van der Waals surface area contributed by atoms with E-state index >= 15 is 0 Å². The molecule has 192 valence electrons. The molecule has 3 amide bonds. The maximum Gasteiger partial charge on any atom is 0.325 e. The number of nitrogens with zero attached hydrogens (tertiary/aromatic N) is 1. The van der Waals surface area contributed by atoms with E-state index in [1.54, 1.807) is 44.4 Å². The number of carbonyl (C=O) groups excluding carboxylic acids is 2. The minimum absolute atomic E-state index is 0.260. The molecular formula is C29H31N3O5. The lowest BCUT2D eigenvalue weighted by molar-refractivity contribution is -0.131. The predicted molar refractivity (Wildman–Crippen MR) is 141 cm³/mol. The maximum atomic E-state index is 14.0. The van der Waals surface area contributed by atoms with Gasteiger partial charge >= 0.3 is 6.03 Å². The second-order valence-corrected chi connectivity index (χ2v) is 9.51. The topological polar surface area (TPSA) is 89.1 Å². The third-order valence-electron chi connectivity index (χ3n) is 7.04. The molecule has 2 heterocycles. The van der Waals surface area contributed by atoms with Crippen LogP contribution in [-0.2, 0) is 4.79 Å². The number of hydrogen-bond acceptors (Lipinski definition) is 5. The number of rotatable bonds is 6. The fourth-order valence-corrected chi connectivity index (χ4v) is 5.34. The number of carbonyl (C=O) groups is 2. The standard InChI is InChI=1S/C29H31N3O5/c1-6-36-20-13-11-19(12-14-20)32-28(34)31-25-21-8-7-9-23(35-5)26(21)37-29(32,4)24(25)27(33)30-22-15-10-17(2)16-18(22)3/h7-16,24-25H,6H2,1-5H3,(H,30,33)(H,31,34)/t24-,25+,29+/m1/s1. The minimum atomic E-state index is -1.36. The Kier molecular flexibility index (Phi) is 6.19. The number of urea groups is 1. The zero-order chi connectivity index (χ0) is 26.3. The first kappa shape index (κ1) is 24.5. The molecule has 1 fully saturated rings. The number of ether oxygens (including phenoxy) is 3. The van der Waals surface area contributed by atoms with Gasteiger partial charge in [0.1, 0.15) is 11.7 Å². The van der Waals surface area contributed by atoms with Crippen molar-refractivity contribution in [2.75, 3.05) is 23.9 Å². The molecule has 2 aliphatic heterocycles. The fourth-order valence-electron chi connectivity index (χ4n) is 5.34. The lowest BCUT2D eigenvalue weighted by Gasteiger charge is -2.54. The van der Waals surface area contributed by atoms with Gasteiger partial charge in [0.25, 0.3) is 0 Å². The van der Waals surface area contributed by atoms with E-state index in [2.05, 4.69) is 10.6 Å². The van der Waals surface area contributed by atoms with Gasteiger partial charge in [-0.15, -0.1) is 0 Å². The van der Waals surface area contributed by atoms with Crippen LogP contribution in [0.3, 0.4) is 0 Å². The summed E-state index contributed by atoms with van der Waals surface area (Å²) in [6.07, 6.45) is 0. The third-order valence-corrected chi connectivity index (χ3v) is 7.04. The van der Waals surface area contributed by atoms with Gasteiger partial charge in [-0.25, -0.2) is 4.79 Å².